The average molecular weight is 388 g/mol. The molecule has 0 unspecified atom stereocenters. The molecule has 1 aromatic carbocycles. The van der Waals surface area contributed by atoms with Gasteiger partial charge in [-0.3, -0.25) is 4.79 Å². The van der Waals surface area contributed by atoms with Gasteiger partial charge in [0.1, 0.15) is 5.82 Å². The first-order valence-corrected chi connectivity index (χ1v) is 9.93. The van der Waals surface area contributed by atoms with Crippen molar-refractivity contribution in [3.8, 4) is 0 Å². The number of H-pyrrole nitrogens is 1. The van der Waals surface area contributed by atoms with E-state index in [2.05, 4.69) is 22.2 Å². The molecule has 1 heterocycles. The van der Waals surface area contributed by atoms with E-state index in [4.69, 9.17) is 4.98 Å². The van der Waals surface area contributed by atoms with Crippen LogP contribution in [0.3, 0.4) is 0 Å². The van der Waals surface area contributed by atoms with Crippen LogP contribution in [0.1, 0.15) is 56.0 Å². The third-order valence-corrected chi connectivity index (χ3v) is 5.92. The molecule has 150 valence electrons. The molecule has 1 atom stereocenters. The Morgan fingerprint density at radius 2 is 2.18 bits per heavy atom. The minimum Gasteiger partial charge on any atom is -0.381 e. The van der Waals surface area contributed by atoms with E-state index in [0.29, 0.717) is 12.5 Å². The molecule has 0 bridgehead atoms. The van der Waals surface area contributed by atoms with Crippen LogP contribution in [0.4, 0.5) is 8.78 Å². The van der Waals surface area contributed by atoms with Crippen molar-refractivity contribution in [2.24, 2.45) is 11.8 Å². The lowest BCUT2D eigenvalue weighted by atomic mass is 9.79. The number of aromatic nitrogens is 2. The maximum Gasteiger partial charge on any atom is 0.248 e. The molecule has 0 spiro atoms. The van der Waals surface area contributed by atoms with Crippen LogP contribution in [-0.2, 0) is 11.3 Å². The van der Waals surface area contributed by atoms with Crippen LogP contribution in [0.15, 0.2) is 31.0 Å². The predicted octanol–water partition coefficient (Wildman–Crippen LogP) is 4.19. The molecular formula is C21H26F2N4O. The van der Waals surface area contributed by atoms with Gasteiger partial charge in [0.25, 0.3) is 0 Å². The second-order valence-electron chi connectivity index (χ2n) is 8.12. The van der Waals surface area contributed by atoms with E-state index in [1.54, 1.807) is 6.20 Å². The van der Waals surface area contributed by atoms with E-state index in [9.17, 15) is 13.6 Å². The lowest BCUT2D eigenvalue weighted by Gasteiger charge is -2.34. The van der Waals surface area contributed by atoms with E-state index < -0.39 is 5.92 Å². The first-order valence-electron chi connectivity index (χ1n) is 9.93. The van der Waals surface area contributed by atoms with E-state index in [1.165, 1.54) is 19.3 Å². The van der Waals surface area contributed by atoms with Crippen LogP contribution in [-0.4, -0.2) is 21.8 Å². The Morgan fingerprint density at radius 3 is 2.82 bits per heavy atom. The van der Waals surface area contributed by atoms with Gasteiger partial charge in [0, 0.05) is 25.8 Å². The van der Waals surface area contributed by atoms with Gasteiger partial charge in [-0.1, -0.05) is 19.1 Å². The number of halogens is 2. The molecule has 4 rings (SSSR count). The van der Waals surface area contributed by atoms with Crippen molar-refractivity contribution >= 4 is 16.9 Å². The molecule has 3 N–H and O–H groups in total. The summed E-state index contributed by atoms with van der Waals surface area (Å²) in [6.07, 6.45) is 5.16. The number of amides is 1. The fourth-order valence-corrected chi connectivity index (χ4v) is 4.14. The third-order valence-electron chi connectivity index (χ3n) is 5.92. The average Bonchev–Trinajstić information content (AvgIpc) is 2.99. The number of hydrogen-bond donors (Lipinski definition) is 3. The molecule has 1 amide bonds. The summed E-state index contributed by atoms with van der Waals surface area (Å²) in [6.45, 7) is 4.16. The summed E-state index contributed by atoms with van der Waals surface area (Å²) in [7, 11) is 0. The van der Waals surface area contributed by atoms with Gasteiger partial charge in [0.15, 0.2) is 0 Å². The fourth-order valence-electron chi connectivity index (χ4n) is 4.14. The number of rotatable bonds is 8. The van der Waals surface area contributed by atoms with Gasteiger partial charge in [-0.2, -0.15) is 0 Å². The Bertz CT molecular complexity index is 866. The molecule has 7 heteroatoms. The molecule has 2 fully saturated rings. The van der Waals surface area contributed by atoms with Gasteiger partial charge in [-0.05, 0) is 48.6 Å². The Hall–Kier alpha value is -2.44. The topological polar surface area (TPSA) is 69.8 Å². The Balaban J connectivity index is 1.37. The van der Waals surface area contributed by atoms with E-state index in [0.717, 1.165) is 22.4 Å². The molecular weight excluding hydrogens is 362 g/mol. The summed E-state index contributed by atoms with van der Waals surface area (Å²) in [5.74, 6) is -1.48. The molecule has 2 aliphatic carbocycles. The fraction of sp³-hybridized carbons (Fsp3) is 0.524. The van der Waals surface area contributed by atoms with Crippen molar-refractivity contribution in [3.63, 3.8) is 0 Å². The highest BCUT2D eigenvalue weighted by atomic mass is 19.3. The van der Waals surface area contributed by atoms with Gasteiger partial charge in [-0.15, -0.1) is 0 Å². The van der Waals surface area contributed by atoms with Crippen LogP contribution < -0.4 is 10.6 Å². The molecule has 0 aliphatic heterocycles. The SMILES string of the molecule is C=CN[C@H](c1nc2ccc(CNC(=O)CC3CC(F)(F)C3)cc2[nH]1)C1CCC1. The number of aromatic amines is 1. The van der Waals surface area contributed by atoms with Crippen molar-refractivity contribution in [1.82, 2.24) is 20.6 Å². The predicted molar refractivity (Wildman–Crippen MR) is 104 cm³/mol. The van der Waals surface area contributed by atoms with Crippen LogP contribution in [0.5, 0.6) is 0 Å². The molecule has 5 nitrogen and oxygen atoms in total. The van der Waals surface area contributed by atoms with E-state index >= 15 is 0 Å². The number of nitrogens with one attached hydrogen (secondary N) is 3. The number of hydrogen-bond acceptors (Lipinski definition) is 3. The standard InChI is InChI=1S/C21H26F2N4O/c1-2-24-19(15-4-3-5-15)20-26-16-7-6-13(8-17(16)27-20)12-25-18(28)9-14-10-21(22,23)11-14/h2,6-8,14-15,19,24H,1,3-5,9-12H2,(H,25,28)(H,26,27)/t19-/m0/s1. The summed E-state index contributed by atoms with van der Waals surface area (Å²) in [5, 5.41) is 6.14. The highest BCUT2D eigenvalue weighted by Gasteiger charge is 2.45. The van der Waals surface area contributed by atoms with Crippen molar-refractivity contribution in [2.45, 2.75) is 57.0 Å². The maximum atomic E-state index is 12.9. The Morgan fingerprint density at radius 1 is 1.39 bits per heavy atom. The highest BCUT2D eigenvalue weighted by molar-refractivity contribution is 5.78. The normalized spacial score (nSPS) is 20.2. The van der Waals surface area contributed by atoms with Crippen molar-refractivity contribution < 1.29 is 13.6 Å². The van der Waals surface area contributed by atoms with Gasteiger partial charge < -0.3 is 15.6 Å². The third kappa shape index (κ3) is 4.03. The first kappa shape index (κ1) is 18.9. The van der Waals surface area contributed by atoms with Gasteiger partial charge in [-0.25, -0.2) is 13.8 Å². The van der Waals surface area contributed by atoms with E-state index in [-0.39, 0.29) is 37.1 Å². The zero-order valence-electron chi connectivity index (χ0n) is 15.8. The van der Waals surface area contributed by atoms with E-state index in [1.807, 2.05) is 18.2 Å². The zero-order chi connectivity index (χ0) is 19.7. The largest absolute Gasteiger partial charge is 0.381 e. The molecule has 1 aromatic heterocycles. The molecule has 0 saturated heterocycles. The number of benzene rings is 1. The highest BCUT2D eigenvalue weighted by Crippen LogP contribution is 2.44. The van der Waals surface area contributed by atoms with Crippen LogP contribution >= 0.6 is 0 Å². The second-order valence-corrected chi connectivity index (χ2v) is 8.12. The number of nitrogens with zero attached hydrogens (tertiary/aromatic N) is 1. The molecule has 2 saturated carbocycles. The zero-order valence-corrected chi connectivity index (χ0v) is 15.8. The number of carbonyl (C=O) groups is 1. The van der Waals surface area contributed by atoms with Crippen LogP contribution in [0, 0.1) is 11.8 Å². The van der Waals surface area contributed by atoms with Crippen molar-refractivity contribution in [3.05, 3.63) is 42.4 Å². The summed E-state index contributed by atoms with van der Waals surface area (Å²) in [5.41, 5.74) is 2.76. The minimum absolute atomic E-state index is 0.141. The quantitative estimate of drug-likeness (QED) is 0.635. The first-order chi connectivity index (χ1) is 13.4. The van der Waals surface area contributed by atoms with Gasteiger partial charge in [0.05, 0.1) is 17.1 Å². The molecule has 0 radical (unpaired) electrons. The van der Waals surface area contributed by atoms with Crippen molar-refractivity contribution in [1.29, 1.82) is 0 Å². The molecule has 28 heavy (non-hydrogen) atoms. The van der Waals surface area contributed by atoms with Crippen LogP contribution in [0.25, 0.3) is 11.0 Å². The number of carbonyl (C=O) groups excluding carboxylic acids is 1. The summed E-state index contributed by atoms with van der Waals surface area (Å²) in [6, 6.07) is 6.00. The Labute approximate surface area is 163 Å². The molecule has 2 aromatic rings. The van der Waals surface area contributed by atoms with Crippen molar-refractivity contribution in [2.75, 3.05) is 0 Å². The number of imidazole rings is 1. The van der Waals surface area contributed by atoms with Crippen LogP contribution in [0.2, 0.25) is 0 Å². The lowest BCUT2D eigenvalue weighted by Crippen LogP contribution is -2.38. The summed E-state index contributed by atoms with van der Waals surface area (Å²) < 4.78 is 25.7. The number of alkyl halides is 2. The lowest BCUT2D eigenvalue weighted by molar-refractivity contribution is -0.133. The smallest absolute Gasteiger partial charge is 0.248 e. The molecule has 2 aliphatic rings. The minimum atomic E-state index is -2.58. The number of fused-ring (bicyclic) bond motifs is 1. The summed E-state index contributed by atoms with van der Waals surface area (Å²) in [4.78, 5) is 20.1. The summed E-state index contributed by atoms with van der Waals surface area (Å²) >= 11 is 0. The van der Waals surface area contributed by atoms with Gasteiger partial charge >= 0.3 is 0 Å². The second kappa shape index (κ2) is 7.53. The maximum absolute atomic E-state index is 12.9. The van der Waals surface area contributed by atoms with Gasteiger partial charge in [0.2, 0.25) is 11.8 Å². The Kier molecular flexibility index (Phi) is 5.08. The monoisotopic (exact) mass is 388 g/mol.